The van der Waals surface area contributed by atoms with Crippen LogP contribution in [-0.4, -0.2) is 32.0 Å². The molecule has 0 spiro atoms. The van der Waals surface area contributed by atoms with Crippen molar-refractivity contribution in [3.05, 3.63) is 28.8 Å². The standard InChI is InChI=1S/C13H16ClN3O2/c1-15-13(19)9-2-3-10(14)11(5-9)17-12(18)4-8-6-16-7-8/h2-3,5,8,16H,4,6-7H2,1H3,(H,15,19)(H,17,18). The number of halogens is 1. The van der Waals surface area contributed by atoms with Crippen LogP contribution in [0.3, 0.4) is 0 Å². The van der Waals surface area contributed by atoms with Crippen LogP contribution < -0.4 is 16.0 Å². The molecule has 1 heterocycles. The van der Waals surface area contributed by atoms with Gasteiger partial charge in [-0.2, -0.15) is 0 Å². The Hall–Kier alpha value is -1.59. The minimum Gasteiger partial charge on any atom is -0.355 e. The maximum atomic E-state index is 11.8. The summed E-state index contributed by atoms with van der Waals surface area (Å²) in [5.41, 5.74) is 0.938. The van der Waals surface area contributed by atoms with Gasteiger partial charge in [0.1, 0.15) is 0 Å². The number of anilines is 1. The van der Waals surface area contributed by atoms with Gasteiger partial charge in [-0.25, -0.2) is 0 Å². The molecule has 19 heavy (non-hydrogen) atoms. The molecule has 102 valence electrons. The third-order valence-corrected chi connectivity index (χ3v) is 3.40. The Bertz CT molecular complexity index is 501. The Morgan fingerprint density at radius 1 is 1.42 bits per heavy atom. The molecule has 0 aliphatic carbocycles. The highest BCUT2D eigenvalue weighted by Crippen LogP contribution is 2.23. The van der Waals surface area contributed by atoms with Crippen LogP contribution in [0.15, 0.2) is 18.2 Å². The van der Waals surface area contributed by atoms with Gasteiger partial charge in [-0.1, -0.05) is 11.6 Å². The van der Waals surface area contributed by atoms with E-state index in [2.05, 4.69) is 16.0 Å². The first-order valence-corrected chi connectivity index (χ1v) is 6.50. The Balaban J connectivity index is 2.05. The van der Waals surface area contributed by atoms with E-state index in [0.717, 1.165) is 13.1 Å². The Morgan fingerprint density at radius 2 is 2.16 bits per heavy atom. The zero-order chi connectivity index (χ0) is 13.8. The van der Waals surface area contributed by atoms with Gasteiger partial charge in [-0.05, 0) is 37.2 Å². The highest BCUT2D eigenvalue weighted by atomic mass is 35.5. The summed E-state index contributed by atoms with van der Waals surface area (Å²) < 4.78 is 0. The summed E-state index contributed by atoms with van der Waals surface area (Å²) >= 11 is 6.01. The van der Waals surface area contributed by atoms with Crippen LogP contribution in [-0.2, 0) is 4.79 Å². The monoisotopic (exact) mass is 281 g/mol. The molecule has 2 rings (SSSR count). The largest absolute Gasteiger partial charge is 0.355 e. The average molecular weight is 282 g/mol. The van der Waals surface area contributed by atoms with Crippen molar-refractivity contribution in [2.45, 2.75) is 6.42 Å². The molecular formula is C13H16ClN3O2. The summed E-state index contributed by atoms with van der Waals surface area (Å²) in [6.07, 6.45) is 0.466. The molecule has 5 nitrogen and oxygen atoms in total. The van der Waals surface area contributed by atoms with Gasteiger partial charge in [0, 0.05) is 19.0 Å². The van der Waals surface area contributed by atoms with Crippen molar-refractivity contribution in [3.8, 4) is 0 Å². The maximum absolute atomic E-state index is 11.8. The van der Waals surface area contributed by atoms with Crippen LogP contribution in [0.2, 0.25) is 5.02 Å². The lowest BCUT2D eigenvalue weighted by Gasteiger charge is -2.26. The molecule has 1 fully saturated rings. The quantitative estimate of drug-likeness (QED) is 0.778. The lowest BCUT2D eigenvalue weighted by atomic mass is 9.99. The van der Waals surface area contributed by atoms with E-state index in [9.17, 15) is 9.59 Å². The second-order valence-electron chi connectivity index (χ2n) is 4.55. The number of carbonyl (C=O) groups is 2. The van der Waals surface area contributed by atoms with E-state index in [1.54, 1.807) is 25.2 Å². The van der Waals surface area contributed by atoms with Gasteiger partial charge < -0.3 is 16.0 Å². The lowest BCUT2D eigenvalue weighted by molar-refractivity contribution is -0.117. The second-order valence-corrected chi connectivity index (χ2v) is 4.96. The van der Waals surface area contributed by atoms with Crippen LogP contribution >= 0.6 is 11.6 Å². The summed E-state index contributed by atoms with van der Waals surface area (Å²) in [6.45, 7) is 1.75. The summed E-state index contributed by atoms with van der Waals surface area (Å²) in [6, 6.07) is 4.80. The van der Waals surface area contributed by atoms with Crippen LogP contribution in [0, 0.1) is 5.92 Å². The first kappa shape index (κ1) is 13.8. The highest BCUT2D eigenvalue weighted by molar-refractivity contribution is 6.33. The van der Waals surface area contributed by atoms with Crippen LogP contribution in [0.4, 0.5) is 5.69 Å². The summed E-state index contributed by atoms with van der Waals surface area (Å²) in [5.74, 6) is 0.0960. The molecule has 0 bridgehead atoms. The highest BCUT2D eigenvalue weighted by Gasteiger charge is 2.20. The van der Waals surface area contributed by atoms with E-state index in [1.807, 2.05) is 0 Å². The molecule has 1 aromatic carbocycles. The first-order valence-electron chi connectivity index (χ1n) is 6.12. The molecular weight excluding hydrogens is 266 g/mol. The average Bonchev–Trinajstić information content (AvgIpc) is 2.35. The second kappa shape index (κ2) is 6.04. The van der Waals surface area contributed by atoms with E-state index < -0.39 is 0 Å². The molecule has 0 radical (unpaired) electrons. The fourth-order valence-corrected chi connectivity index (χ4v) is 2.03. The van der Waals surface area contributed by atoms with Gasteiger partial charge in [-0.3, -0.25) is 9.59 Å². The molecule has 1 aliphatic heterocycles. The van der Waals surface area contributed by atoms with Gasteiger partial charge in [-0.15, -0.1) is 0 Å². The smallest absolute Gasteiger partial charge is 0.251 e. The Kier molecular flexibility index (Phi) is 4.39. The topological polar surface area (TPSA) is 70.2 Å². The summed E-state index contributed by atoms with van der Waals surface area (Å²) in [7, 11) is 1.55. The summed E-state index contributed by atoms with van der Waals surface area (Å²) in [5, 5.41) is 8.82. The Labute approximate surface area is 116 Å². The number of carbonyl (C=O) groups excluding carboxylic acids is 2. The summed E-state index contributed by atoms with van der Waals surface area (Å²) in [4.78, 5) is 23.3. The van der Waals surface area contributed by atoms with Gasteiger partial charge in [0.2, 0.25) is 5.91 Å². The molecule has 0 saturated carbocycles. The zero-order valence-electron chi connectivity index (χ0n) is 10.6. The number of hydrogen-bond donors (Lipinski definition) is 3. The molecule has 2 amide bonds. The molecule has 0 aromatic heterocycles. The van der Waals surface area contributed by atoms with Crippen molar-refractivity contribution in [2.75, 3.05) is 25.5 Å². The molecule has 0 atom stereocenters. The fraction of sp³-hybridized carbons (Fsp3) is 0.385. The zero-order valence-corrected chi connectivity index (χ0v) is 11.4. The molecule has 1 saturated heterocycles. The van der Waals surface area contributed by atoms with Gasteiger partial charge in [0.15, 0.2) is 0 Å². The van der Waals surface area contributed by atoms with E-state index in [4.69, 9.17) is 11.6 Å². The predicted molar refractivity (Wildman–Crippen MR) is 74.4 cm³/mol. The maximum Gasteiger partial charge on any atom is 0.251 e. The third-order valence-electron chi connectivity index (χ3n) is 3.07. The number of amides is 2. The minimum atomic E-state index is -0.213. The number of rotatable bonds is 4. The molecule has 6 heteroatoms. The third kappa shape index (κ3) is 3.45. The Morgan fingerprint density at radius 3 is 2.74 bits per heavy atom. The molecule has 0 unspecified atom stereocenters. The number of hydrogen-bond acceptors (Lipinski definition) is 3. The lowest BCUT2D eigenvalue weighted by Crippen LogP contribution is -2.43. The van der Waals surface area contributed by atoms with Gasteiger partial charge in [0.05, 0.1) is 10.7 Å². The van der Waals surface area contributed by atoms with Crippen molar-refractivity contribution < 1.29 is 9.59 Å². The normalized spacial score (nSPS) is 14.6. The van der Waals surface area contributed by atoms with Crippen molar-refractivity contribution in [2.24, 2.45) is 5.92 Å². The van der Waals surface area contributed by atoms with Crippen LogP contribution in [0.25, 0.3) is 0 Å². The number of nitrogens with one attached hydrogen (secondary N) is 3. The van der Waals surface area contributed by atoms with Crippen molar-refractivity contribution in [1.82, 2.24) is 10.6 Å². The molecule has 3 N–H and O–H groups in total. The van der Waals surface area contributed by atoms with Crippen molar-refractivity contribution in [3.63, 3.8) is 0 Å². The van der Waals surface area contributed by atoms with Crippen LogP contribution in [0.1, 0.15) is 16.8 Å². The van der Waals surface area contributed by atoms with E-state index >= 15 is 0 Å². The first-order chi connectivity index (χ1) is 9.10. The van der Waals surface area contributed by atoms with Crippen LogP contribution in [0.5, 0.6) is 0 Å². The van der Waals surface area contributed by atoms with E-state index in [1.165, 1.54) is 0 Å². The van der Waals surface area contributed by atoms with E-state index in [0.29, 0.717) is 28.6 Å². The van der Waals surface area contributed by atoms with Crippen molar-refractivity contribution in [1.29, 1.82) is 0 Å². The fourth-order valence-electron chi connectivity index (χ4n) is 1.86. The molecule has 1 aromatic rings. The molecule has 1 aliphatic rings. The van der Waals surface area contributed by atoms with Gasteiger partial charge >= 0.3 is 0 Å². The van der Waals surface area contributed by atoms with E-state index in [-0.39, 0.29) is 11.8 Å². The number of benzene rings is 1. The SMILES string of the molecule is CNC(=O)c1ccc(Cl)c(NC(=O)CC2CNC2)c1. The van der Waals surface area contributed by atoms with Crippen molar-refractivity contribution >= 4 is 29.1 Å². The predicted octanol–water partition coefficient (Wildman–Crippen LogP) is 1.25. The minimum absolute atomic E-state index is 0.0811. The van der Waals surface area contributed by atoms with Gasteiger partial charge in [0.25, 0.3) is 5.91 Å².